The molecule has 0 saturated carbocycles. The number of aryl methyl sites for hydroxylation is 1. The monoisotopic (exact) mass is 553 g/mol. The van der Waals surface area contributed by atoms with Gasteiger partial charge in [0.2, 0.25) is 5.88 Å². The molecule has 0 aliphatic carbocycles. The third-order valence-corrected chi connectivity index (χ3v) is 4.60. The van der Waals surface area contributed by atoms with Gasteiger partial charge in [-0.25, -0.2) is 19.6 Å². The first kappa shape index (κ1) is 30.1. The average molecular weight is 553 g/mol. The first-order chi connectivity index (χ1) is 17.7. The van der Waals surface area contributed by atoms with E-state index in [1.165, 1.54) is 5.69 Å². The summed E-state index contributed by atoms with van der Waals surface area (Å²) in [6.45, 7) is 4.91. The van der Waals surface area contributed by atoms with E-state index in [9.17, 15) is 26.3 Å². The first-order valence-corrected chi connectivity index (χ1v) is 10.5. The van der Waals surface area contributed by atoms with Crippen LogP contribution < -0.4 is 4.74 Å². The van der Waals surface area contributed by atoms with Gasteiger partial charge in [0.1, 0.15) is 12.4 Å². The molecule has 4 heterocycles. The summed E-state index contributed by atoms with van der Waals surface area (Å²) in [5.74, 6) is -4.04. The van der Waals surface area contributed by atoms with E-state index < -0.39 is 24.3 Å². The number of pyridine rings is 1. The molecule has 11 nitrogen and oxygen atoms in total. The number of hydrogen-bond donors (Lipinski definition) is 2. The zero-order valence-electron chi connectivity index (χ0n) is 19.5. The molecule has 1 aliphatic rings. The Morgan fingerprint density at radius 3 is 2.26 bits per heavy atom. The van der Waals surface area contributed by atoms with Crippen molar-refractivity contribution in [2.24, 2.45) is 0 Å². The summed E-state index contributed by atoms with van der Waals surface area (Å²) in [4.78, 5) is 28.6. The minimum absolute atomic E-state index is 0.186. The molecule has 4 rings (SSSR count). The van der Waals surface area contributed by atoms with Crippen molar-refractivity contribution in [2.45, 2.75) is 38.4 Å². The van der Waals surface area contributed by atoms with Gasteiger partial charge >= 0.3 is 24.3 Å². The van der Waals surface area contributed by atoms with Gasteiger partial charge < -0.3 is 24.0 Å². The van der Waals surface area contributed by atoms with E-state index in [1.54, 1.807) is 6.20 Å². The molecule has 1 aliphatic heterocycles. The van der Waals surface area contributed by atoms with Crippen molar-refractivity contribution >= 4 is 11.9 Å². The maximum atomic E-state index is 10.6. The van der Waals surface area contributed by atoms with Crippen LogP contribution in [0.5, 0.6) is 5.88 Å². The second-order valence-electron chi connectivity index (χ2n) is 7.63. The van der Waals surface area contributed by atoms with E-state index in [1.807, 2.05) is 43.7 Å². The van der Waals surface area contributed by atoms with E-state index in [2.05, 4.69) is 24.6 Å². The fraction of sp³-hybridized carbons (Fsp3) is 0.381. The number of imidazole rings is 1. The molecule has 0 spiro atoms. The third kappa shape index (κ3) is 9.72. The highest BCUT2D eigenvalue weighted by molar-refractivity contribution is 5.73. The number of aliphatic carboxylic acids is 2. The predicted molar refractivity (Wildman–Crippen MR) is 114 cm³/mol. The van der Waals surface area contributed by atoms with Gasteiger partial charge in [-0.2, -0.15) is 26.3 Å². The minimum atomic E-state index is -5.08. The molecule has 208 valence electrons. The highest BCUT2D eigenvalue weighted by Gasteiger charge is 2.38. The van der Waals surface area contributed by atoms with E-state index in [0.717, 1.165) is 31.1 Å². The number of fused-ring (bicyclic) bond motifs is 1. The highest BCUT2D eigenvalue weighted by atomic mass is 19.4. The maximum absolute atomic E-state index is 10.6. The van der Waals surface area contributed by atoms with Crippen LogP contribution in [-0.4, -0.2) is 72.2 Å². The second kappa shape index (κ2) is 12.9. The van der Waals surface area contributed by atoms with Crippen LogP contribution in [-0.2, 0) is 22.7 Å². The Labute approximate surface area is 210 Å². The number of alkyl halides is 6. The quantitative estimate of drug-likeness (QED) is 0.451. The van der Waals surface area contributed by atoms with Gasteiger partial charge in [0, 0.05) is 44.2 Å². The lowest BCUT2D eigenvalue weighted by molar-refractivity contribution is -0.193. The van der Waals surface area contributed by atoms with Crippen molar-refractivity contribution in [1.29, 1.82) is 0 Å². The zero-order valence-corrected chi connectivity index (χ0v) is 19.5. The normalized spacial score (nSPS) is 15.3. The molecule has 3 aromatic heterocycles. The van der Waals surface area contributed by atoms with E-state index in [0.29, 0.717) is 12.5 Å². The Kier molecular flexibility index (Phi) is 10.2. The summed E-state index contributed by atoms with van der Waals surface area (Å²) < 4.78 is 76.7. The number of carboxylic acids is 2. The molecule has 0 saturated heterocycles. The van der Waals surface area contributed by atoms with Crippen LogP contribution in [0.2, 0.25) is 0 Å². The summed E-state index contributed by atoms with van der Waals surface area (Å²) in [7, 11) is 0. The van der Waals surface area contributed by atoms with E-state index in [4.69, 9.17) is 29.1 Å². The molecule has 1 unspecified atom stereocenters. The van der Waals surface area contributed by atoms with Crippen LogP contribution >= 0.6 is 0 Å². The van der Waals surface area contributed by atoms with Crippen LogP contribution in [0.1, 0.15) is 23.2 Å². The lowest BCUT2D eigenvalue weighted by Gasteiger charge is -2.33. The molecular weight excluding hydrogens is 532 g/mol. The van der Waals surface area contributed by atoms with Crippen molar-refractivity contribution in [3.05, 3.63) is 60.1 Å². The molecule has 38 heavy (non-hydrogen) atoms. The summed E-state index contributed by atoms with van der Waals surface area (Å²) in [5.41, 5.74) is 2.13. The van der Waals surface area contributed by atoms with Crippen molar-refractivity contribution in [1.82, 2.24) is 24.6 Å². The van der Waals surface area contributed by atoms with Gasteiger partial charge in [-0.05, 0) is 13.0 Å². The smallest absolute Gasteiger partial charge is 0.475 e. The number of nitrogens with zero attached hydrogens (tertiary/aromatic N) is 5. The molecule has 3 aromatic rings. The molecule has 17 heteroatoms. The molecule has 0 aromatic carbocycles. The van der Waals surface area contributed by atoms with Crippen LogP contribution in [0.15, 0.2) is 47.5 Å². The summed E-state index contributed by atoms with van der Waals surface area (Å²) >= 11 is 0. The molecule has 0 bridgehead atoms. The Hall–Kier alpha value is -4.15. The molecule has 1 atom stereocenters. The first-order valence-electron chi connectivity index (χ1n) is 10.5. The predicted octanol–water partition coefficient (Wildman–Crippen LogP) is 3.48. The van der Waals surface area contributed by atoms with Crippen LogP contribution in [0, 0.1) is 6.92 Å². The Morgan fingerprint density at radius 1 is 1.13 bits per heavy atom. The standard InChI is InChI=1S/C17H19N5O2.2C2HF3O2/c1-13-6-14(20-24-13)8-21-9-15-7-18-12-22(15)16(10-21)11-23-17-4-2-3-5-19-17;2*3-2(4,5)1(6)7/h2-7,12,16H,8-11H2,1H3;2*(H,6,7). The largest absolute Gasteiger partial charge is 0.490 e. The van der Waals surface area contributed by atoms with Crippen LogP contribution in [0.3, 0.4) is 0 Å². The number of halogens is 6. The van der Waals surface area contributed by atoms with Crippen molar-refractivity contribution in [2.75, 3.05) is 13.2 Å². The molecule has 2 N–H and O–H groups in total. The molecular formula is C21H21F6N5O6. The van der Waals surface area contributed by atoms with Crippen LogP contribution in [0.4, 0.5) is 26.3 Å². The number of hydrogen-bond acceptors (Lipinski definition) is 8. The molecule has 0 amide bonds. The number of carbonyl (C=O) groups is 2. The fourth-order valence-corrected chi connectivity index (χ4v) is 3.05. The van der Waals surface area contributed by atoms with Gasteiger partial charge in [0.25, 0.3) is 0 Å². The topological polar surface area (TPSA) is 144 Å². The molecule has 0 fully saturated rings. The van der Waals surface area contributed by atoms with Gasteiger partial charge in [-0.3, -0.25) is 4.90 Å². The van der Waals surface area contributed by atoms with Crippen molar-refractivity contribution in [3.63, 3.8) is 0 Å². The van der Waals surface area contributed by atoms with Crippen LogP contribution in [0.25, 0.3) is 0 Å². The number of ether oxygens (including phenoxy) is 1. The van der Waals surface area contributed by atoms with E-state index >= 15 is 0 Å². The van der Waals surface area contributed by atoms with E-state index in [-0.39, 0.29) is 6.04 Å². The van der Waals surface area contributed by atoms with Gasteiger partial charge in [-0.1, -0.05) is 11.2 Å². The summed E-state index contributed by atoms with van der Waals surface area (Å²) in [6, 6.07) is 7.83. The summed E-state index contributed by atoms with van der Waals surface area (Å²) in [5, 5.41) is 18.3. The van der Waals surface area contributed by atoms with Crippen molar-refractivity contribution < 1.29 is 55.4 Å². The third-order valence-electron chi connectivity index (χ3n) is 4.60. The van der Waals surface area contributed by atoms with Gasteiger partial charge in [0.15, 0.2) is 0 Å². The molecule has 0 radical (unpaired) electrons. The Bertz CT molecular complexity index is 1160. The average Bonchev–Trinajstić information content (AvgIpc) is 3.46. The second-order valence-corrected chi connectivity index (χ2v) is 7.63. The summed E-state index contributed by atoms with van der Waals surface area (Å²) in [6.07, 6.45) is -4.65. The minimum Gasteiger partial charge on any atom is -0.475 e. The highest BCUT2D eigenvalue weighted by Crippen LogP contribution is 2.23. The zero-order chi connectivity index (χ0) is 28.5. The van der Waals surface area contributed by atoms with Crippen molar-refractivity contribution in [3.8, 4) is 5.88 Å². The number of rotatable bonds is 5. The number of aromatic nitrogens is 4. The SMILES string of the molecule is Cc1cc(CN2Cc3cncn3C(COc3ccccn3)C2)no1.O=C(O)C(F)(F)F.O=C(O)C(F)(F)F. The lowest BCUT2D eigenvalue weighted by atomic mass is 10.2. The van der Waals surface area contributed by atoms with Gasteiger partial charge in [-0.15, -0.1) is 0 Å². The maximum Gasteiger partial charge on any atom is 0.490 e. The van der Waals surface area contributed by atoms with Gasteiger partial charge in [0.05, 0.1) is 23.8 Å². The lowest BCUT2D eigenvalue weighted by Crippen LogP contribution is -2.39. The Balaban J connectivity index is 0.000000301. The Morgan fingerprint density at radius 2 is 1.76 bits per heavy atom. The number of carboxylic acid groups (broad SMARTS) is 2. The fourth-order valence-electron chi connectivity index (χ4n) is 3.05.